The van der Waals surface area contributed by atoms with Crippen LogP contribution in [-0.4, -0.2) is 37.5 Å². The number of thiol groups is 1. The van der Waals surface area contributed by atoms with Crippen LogP contribution < -0.4 is 0 Å². The number of aliphatic hydroxyl groups is 1. The van der Waals surface area contributed by atoms with Crippen molar-refractivity contribution in [3.63, 3.8) is 0 Å². The molecule has 0 aromatic carbocycles. The highest BCUT2D eigenvalue weighted by Gasteiger charge is 2.57. The van der Waals surface area contributed by atoms with Gasteiger partial charge in [-0.15, -0.1) is 11.8 Å². The van der Waals surface area contributed by atoms with E-state index in [1.165, 1.54) is 16.7 Å². The molecule has 3 heterocycles. The summed E-state index contributed by atoms with van der Waals surface area (Å²) in [6, 6.07) is 5.59. The number of aromatic nitrogens is 1. The fourth-order valence-electron chi connectivity index (χ4n) is 2.81. The summed E-state index contributed by atoms with van der Waals surface area (Å²) in [6.45, 7) is 1.84. The lowest BCUT2D eigenvalue weighted by Gasteiger charge is -2.44. The van der Waals surface area contributed by atoms with Crippen molar-refractivity contribution in [3.8, 4) is 0 Å². The molecule has 1 saturated heterocycles. The van der Waals surface area contributed by atoms with Crippen molar-refractivity contribution in [2.45, 2.75) is 31.2 Å². The number of nitrogens with zero attached hydrogens (tertiary/aromatic N) is 2. The lowest BCUT2D eigenvalue weighted by atomic mass is 9.90. The Balaban J connectivity index is 1.87. The Morgan fingerprint density at radius 2 is 2.32 bits per heavy atom. The van der Waals surface area contributed by atoms with Gasteiger partial charge in [0, 0.05) is 23.2 Å². The van der Waals surface area contributed by atoms with Gasteiger partial charge in [0.2, 0.25) is 11.0 Å². The molecule has 0 unspecified atom stereocenters. The minimum absolute atomic E-state index is 0.194. The Labute approximate surface area is 138 Å². The van der Waals surface area contributed by atoms with Crippen molar-refractivity contribution >= 4 is 35.4 Å². The first kappa shape index (κ1) is 15.6. The molecule has 1 amide bonds. The van der Waals surface area contributed by atoms with Crippen molar-refractivity contribution in [1.82, 2.24) is 9.88 Å². The maximum absolute atomic E-state index is 12.3. The molecule has 22 heavy (non-hydrogen) atoms. The minimum Gasteiger partial charge on any atom is -0.392 e. The average molecular weight is 336 g/mol. The SMILES string of the molecule is CC[C@H](O)[C@@H]1C(=O)N2C(C(=O)S)=C(Cc3ccccn3)S[C@H]12. The van der Waals surface area contributed by atoms with E-state index in [9.17, 15) is 14.7 Å². The Hall–Kier alpha value is -1.31. The predicted molar refractivity (Wildman–Crippen MR) is 87.0 cm³/mol. The lowest BCUT2D eigenvalue weighted by molar-refractivity contribution is -0.154. The number of amides is 1. The quantitative estimate of drug-likeness (QED) is 0.631. The van der Waals surface area contributed by atoms with Gasteiger partial charge in [-0.1, -0.05) is 25.6 Å². The van der Waals surface area contributed by atoms with Gasteiger partial charge in [0.15, 0.2) is 0 Å². The van der Waals surface area contributed by atoms with Crippen LogP contribution in [0.4, 0.5) is 0 Å². The van der Waals surface area contributed by atoms with Crippen LogP contribution in [0.15, 0.2) is 35.0 Å². The molecule has 0 spiro atoms. The van der Waals surface area contributed by atoms with Gasteiger partial charge in [-0.2, -0.15) is 0 Å². The summed E-state index contributed by atoms with van der Waals surface area (Å²) in [5.74, 6) is -0.640. The van der Waals surface area contributed by atoms with Crippen LogP contribution in [0.1, 0.15) is 19.0 Å². The predicted octanol–water partition coefficient (Wildman–Crippen LogP) is 1.59. The molecule has 1 fully saturated rings. The van der Waals surface area contributed by atoms with Crippen LogP contribution in [0.2, 0.25) is 0 Å². The number of carbonyl (C=O) groups excluding carboxylic acids is 2. The van der Waals surface area contributed by atoms with Crippen LogP contribution in [0, 0.1) is 5.92 Å². The number of allylic oxidation sites excluding steroid dienone is 1. The Bertz CT molecular complexity index is 647. The van der Waals surface area contributed by atoms with E-state index in [4.69, 9.17) is 0 Å². The van der Waals surface area contributed by atoms with Crippen molar-refractivity contribution in [2.75, 3.05) is 0 Å². The van der Waals surface area contributed by atoms with Crippen molar-refractivity contribution in [2.24, 2.45) is 5.92 Å². The average Bonchev–Trinajstić information content (AvgIpc) is 2.83. The second-order valence-corrected chi connectivity index (χ2v) is 6.91. The first-order chi connectivity index (χ1) is 10.5. The molecule has 0 saturated carbocycles. The molecular weight excluding hydrogens is 320 g/mol. The van der Waals surface area contributed by atoms with Crippen molar-refractivity contribution in [3.05, 3.63) is 40.7 Å². The van der Waals surface area contributed by atoms with E-state index in [0.29, 0.717) is 18.5 Å². The number of rotatable bonds is 5. The van der Waals surface area contributed by atoms with Crippen LogP contribution in [-0.2, 0) is 16.0 Å². The molecule has 116 valence electrons. The molecule has 0 radical (unpaired) electrons. The number of aliphatic hydroxyl groups excluding tert-OH is 1. The van der Waals surface area contributed by atoms with E-state index in [1.807, 2.05) is 25.1 Å². The van der Waals surface area contributed by atoms with Gasteiger partial charge in [-0.25, -0.2) is 0 Å². The first-order valence-corrected chi connectivity index (χ1v) is 8.41. The number of pyridine rings is 1. The third kappa shape index (κ3) is 2.47. The van der Waals surface area contributed by atoms with Gasteiger partial charge in [0.05, 0.1) is 12.0 Å². The molecule has 2 aliphatic heterocycles. The number of hydrogen-bond acceptors (Lipinski definition) is 5. The molecule has 1 aromatic rings. The van der Waals surface area contributed by atoms with Crippen molar-refractivity contribution in [1.29, 1.82) is 0 Å². The third-order valence-corrected chi connectivity index (χ3v) is 5.54. The first-order valence-electron chi connectivity index (χ1n) is 7.08. The highest BCUT2D eigenvalue weighted by Crippen LogP contribution is 2.51. The summed E-state index contributed by atoms with van der Waals surface area (Å²) in [6.07, 6.45) is 2.02. The second kappa shape index (κ2) is 6.06. The topological polar surface area (TPSA) is 70.5 Å². The zero-order valence-corrected chi connectivity index (χ0v) is 13.7. The highest BCUT2D eigenvalue weighted by atomic mass is 32.2. The number of hydrogen-bond donors (Lipinski definition) is 2. The number of fused-ring (bicyclic) bond motifs is 1. The highest BCUT2D eigenvalue weighted by molar-refractivity contribution is 8.04. The van der Waals surface area contributed by atoms with Gasteiger partial charge in [0.25, 0.3) is 0 Å². The maximum Gasteiger partial charge on any atom is 0.236 e. The van der Waals surface area contributed by atoms with Crippen LogP contribution >= 0.6 is 24.4 Å². The number of carbonyl (C=O) groups is 2. The summed E-state index contributed by atoms with van der Waals surface area (Å²) >= 11 is 5.37. The molecule has 1 N–H and O–H groups in total. The smallest absolute Gasteiger partial charge is 0.236 e. The normalized spacial score (nSPS) is 25.0. The largest absolute Gasteiger partial charge is 0.392 e. The van der Waals surface area contributed by atoms with E-state index >= 15 is 0 Å². The maximum atomic E-state index is 12.3. The van der Waals surface area contributed by atoms with Crippen LogP contribution in [0.3, 0.4) is 0 Å². The molecule has 5 nitrogen and oxygen atoms in total. The van der Waals surface area contributed by atoms with E-state index in [0.717, 1.165) is 10.6 Å². The summed E-state index contributed by atoms with van der Waals surface area (Å²) in [5, 5.41) is 9.38. The molecule has 3 atom stereocenters. The molecule has 0 aliphatic carbocycles. The van der Waals surface area contributed by atoms with Crippen LogP contribution in [0.5, 0.6) is 0 Å². The van der Waals surface area contributed by atoms with Gasteiger partial charge in [0.1, 0.15) is 11.1 Å². The standard InChI is InChI=1S/C15H16N2O3S2/c1-2-9(18)11-13(19)17-12(15(20)21)10(22-14(11)17)7-8-5-3-4-6-16-8/h3-6,9,11,14,18H,2,7H2,1H3,(H,20,21)/t9-,11+,14+/m0/s1. The Kier molecular flexibility index (Phi) is 4.29. The molecular formula is C15H16N2O3S2. The van der Waals surface area contributed by atoms with E-state index < -0.39 is 17.1 Å². The van der Waals surface area contributed by atoms with Crippen molar-refractivity contribution < 1.29 is 14.7 Å². The summed E-state index contributed by atoms with van der Waals surface area (Å²) in [7, 11) is 0. The van der Waals surface area contributed by atoms with E-state index in [-0.39, 0.29) is 11.3 Å². The fraction of sp³-hybridized carbons (Fsp3) is 0.400. The van der Waals surface area contributed by atoms with Crippen LogP contribution in [0.25, 0.3) is 0 Å². The second-order valence-electron chi connectivity index (χ2n) is 5.29. The van der Waals surface area contributed by atoms with Gasteiger partial charge in [-0.3, -0.25) is 19.5 Å². The molecule has 1 aromatic heterocycles. The molecule has 3 rings (SSSR count). The lowest BCUT2D eigenvalue weighted by Crippen LogP contribution is -2.61. The minimum atomic E-state index is -0.674. The monoisotopic (exact) mass is 336 g/mol. The van der Waals surface area contributed by atoms with Gasteiger partial charge in [-0.05, 0) is 18.6 Å². The van der Waals surface area contributed by atoms with E-state index in [2.05, 4.69) is 17.6 Å². The summed E-state index contributed by atoms with van der Waals surface area (Å²) in [4.78, 5) is 30.6. The summed E-state index contributed by atoms with van der Waals surface area (Å²) < 4.78 is 0. The zero-order chi connectivity index (χ0) is 15.9. The Morgan fingerprint density at radius 3 is 2.91 bits per heavy atom. The fourth-order valence-corrected chi connectivity index (χ4v) is 4.71. The third-order valence-electron chi connectivity index (χ3n) is 3.96. The van der Waals surface area contributed by atoms with E-state index in [1.54, 1.807) is 6.20 Å². The van der Waals surface area contributed by atoms with Gasteiger partial charge >= 0.3 is 0 Å². The molecule has 0 bridgehead atoms. The molecule has 7 heteroatoms. The zero-order valence-electron chi connectivity index (χ0n) is 12.0. The summed E-state index contributed by atoms with van der Waals surface area (Å²) in [5.41, 5.74) is 1.17. The van der Waals surface area contributed by atoms with Gasteiger partial charge < -0.3 is 5.11 Å². The number of thioether (sulfide) groups is 1. The number of β-lactam (4-membered cyclic amide) rings is 1. The Morgan fingerprint density at radius 1 is 1.55 bits per heavy atom. The molecule has 2 aliphatic rings.